The van der Waals surface area contributed by atoms with Crippen LogP contribution < -0.4 is 5.43 Å². The van der Waals surface area contributed by atoms with Crippen LogP contribution in [0.15, 0.2) is 46.2 Å². The van der Waals surface area contributed by atoms with Crippen molar-refractivity contribution >= 4 is 22.7 Å². The van der Waals surface area contributed by atoms with E-state index >= 15 is 0 Å². The Kier molecular flexibility index (Phi) is 1.34. The van der Waals surface area contributed by atoms with Crippen LogP contribution in [0.5, 0.6) is 0 Å². The van der Waals surface area contributed by atoms with Gasteiger partial charge in [-0.25, -0.2) is 0 Å². The number of nitrogens with zero attached hydrogens (tertiary/aromatic N) is 1. The topological polar surface area (TPSA) is 29.4 Å². The average Bonchev–Trinajstić information content (AvgIpc) is 2.53. The van der Waals surface area contributed by atoms with Gasteiger partial charge in [0.25, 0.3) is 0 Å². The molecule has 0 bridgehead atoms. The average molecular weight is 181 g/mol. The molecule has 2 aromatic carbocycles. The smallest absolute Gasteiger partial charge is 0.186 e. The molecule has 66 valence electrons. The minimum atomic E-state index is 0.0543. The Morgan fingerprint density at radius 1 is 1.00 bits per heavy atom. The highest BCUT2D eigenvalue weighted by Crippen LogP contribution is 2.30. The van der Waals surface area contributed by atoms with Crippen LogP contribution in [0.2, 0.25) is 0 Å². The Morgan fingerprint density at radius 2 is 1.86 bits per heavy atom. The molecule has 1 aliphatic heterocycles. The van der Waals surface area contributed by atoms with Crippen LogP contribution >= 0.6 is 0 Å². The largest absolute Gasteiger partial charge is 0.289 e. The molecule has 0 unspecified atom stereocenters. The molecule has 0 atom stereocenters. The molecule has 0 radical (unpaired) electrons. The van der Waals surface area contributed by atoms with Gasteiger partial charge in [-0.05, 0) is 12.1 Å². The molecular weight excluding hydrogens is 174 g/mol. The summed E-state index contributed by atoms with van der Waals surface area (Å²) in [6, 6.07) is 10.9. The van der Waals surface area contributed by atoms with E-state index in [0.717, 1.165) is 22.0 Å². The van der Waals surface area contributed by atoms with E-state index in [1.54, 1.807) is 18.3 Å². The van der Waals surface area contributed by atoms with Gasteiger partial charge in [-0.3, -0.25) is 9.79 Å². The summed E-state index contributed by atoms with van der Waals surface area (Å²) in [5.41, 5.74) is 1.97. The molecule has 0 amide bonds. The molecule has 0 saturated heterocycles. The SMILES string of the molecule is O=c1cccc2c3c(cccc13)N=C2. The molecule has 0 saturated carbocycles. The van der Waals surface area contributed by atoms with Crippen LogP contribution in [-0.2, 0) is 0 Å². The van der Waals surface area contributed by atoms with Crippen LogP contribution in [0.4, 0.5) is 5.69 Å². The Hall–Kier alpha value is -1.96. The van der Waals surface area contributed by atoms with Gasteiger partial charge in [0.05, 0.1) is 5.69 Å². The zero-order valence-corrected chi connectivity index (χ0v) is 7.40. The fraction of sp³-hybridized carbons (Fsp3) is 0. The van der Waals surface area contributed by atoms with E-state index in [1.165, 1.54) is 0 Å². The van der Waals surface area contributed by atoms with Gasteiger partial charge in [-0.15, -0.1) is 0 Å². The summed E-state index contributed by atoms with van der Waals surface area (Å²) in [5.74, 6) is 0. The summed E-state index contributed by atoms with van der Waals surface area (Å²) in [6.07, 6.45) is 1.80. The summed E-state index contributed by atoms with van der Waals surface area (Å²) in [4.78, 5) is 15.9. The molecule has 3 rings (SSSR count). The van der Waals surface area contributed by atoms with Crippen LogP contribution in [0.25, 0.3) is 10.8 Å². The van der Waals surface area contributed by atoms with Crippen molar-refractivity contribution in [2.24, 2.45) is 4.99 Å². The zero-order chi connectivity index (χ0) is 9.54. The molecular formula is C12H7NO. The summed E-state index contributed by atoms with van der Waals surface area (Å²) >= 11 is 0. The molecule has 0 N–H and O–H groups in total. The fourth-order valence-electron chi connectivity index (χ4n) is 1.82. The Morgan fingerprint density at radius 3 is 2.79 bits per heavy atom. The van der Waals surface area contributed by atoms with Crippen molar-refractivity contribution in [3.8, 4) is 0 Å². The van der Waals surface area contributed by atoms with Crippen molar-refractivity contribution < 1.29 is 0 Å². The van der Waals surface area contributed by atoms with Gasteiger partial charge in [-0.1, -0.05) is 24.3 Å². The molecule has 2 nitrogen and oxygen atoms in total. The van der Waals surface area contributed by atoms with Gasteiger partial charge in [-0.2, -0.15) is 0 Å². The molecule has 1 heterocycles. The number of hydrogen-bond donors (Lipinski definition) is 0. The third-order valence-electron chi connectivity index (χ3n) is 2.46. The molecule has 0 aliphatic carbocycles. The first-order chi connectivity index (χ1) is 6.86. The lowest BCUT2D eigenvalue weighted by atomic mass is 10.1. The lowest BCUT2D eigenvalue weighted by Crippen LogP contribution is -1.93. The van der Waals surface area contributed by atoms with Crippen molar-refractivity contribution in [2.75, 3.05) is 0 Å². The van der Waals surface area contributed by atoms with Crippen molar-refractivity contribution in [1.29, 1.82) is 0 Å². The lowest BCUT2D eigenvalue weighted by Gasteiger charge is -1.93. The number of rotatable bonds is 0. The maximum atomic E-state index is 11.7. The van der Waals surface area contributed by atoms with Crippen LogP contribution in [0.3, 0.4) is 0 Å². The molecule has 2 heteroatoms. The third-order valence-corrected chi connectivity index (χ3v) is 2.46. The van der Waals surface area contributed by atoms with Crippen molar-refractivity contribution in [2.45, 2.75) is 0 Å². The van der Waals surface area contributed by atoms with Gasteiger partial charge in [0.1, 0.15) is 0 Å². The second kappa shape index (κ2) is 2.51. The fourth-order valence-corrected chi connectivity index (χ4v) is 1.82. The van der Waals surface area contributed by atoms with E-state index in [9.17, 15) is 4.79 Å². The second-order valence-electron chi connectivity index (χ2n) is 3.30. The minimum absolute atomic E-state index is 0.0543. The van der Waals surface area contributed by atoms with Gasteiger partial charge >= 0.3 is 0 Å². The van der Waals surface area contributed by atoms with Gasteiger partial charge in [0.2, 0.25) is 0 Å². The first-order valence-electron chi connectivity index (χ1n) is 4.46. The standard InChI is InChI=1S/C12H7NO/c14-11-6-1-3-8-7-13-10-5-2-4-9(11)12(8)10/h1-7H. The number of aliphatic imine (C=N–C) groups is 1. The Balaban J connectivity index is 2.72. The number of benzene rings is 1. The predicted molar refractivity (Wildman–Crippen MR) is 57.5 cm³/mol. The van der Waals surface area contributed by atoms with E-state index in [1.807, 2.05) is 24.3 Å². The van der Waals surface area contributed by atoms with Crippen molar-refractivity contribution in [3.05, 3.63) is 52.2 Å². The highest BCUT2D eigenvalue weighted by molar-refractivity contribution is 6.10. The summed E-state index contributed by atoms with van der Waals surface area (Å²) in [5, 5.41) is 1.72. The van der Waals surface area contributed by atoms with Crippen molar-refractivity contribution in [3.63, 3.8) is 0 Å². The first kappa shape index (κ1) is 7.44. The minimum Gasteiger partial charge on any atom is -0.289 e. The van der Waals surface area contributed by atoms with Gasteiger partial charge in [0, 0.05) is 22.6 Å². The van der Waals surface area contributed by atoms with Gasteiger partial charge < -0.3 is 0 Å². The maximum Gasteiger partial charge on any atom is 0.186 e. The van der Waals surface area contributed by atoms with E-state index in [4.69, 9.17) is 0 Å². The second-order valence-corrected chi connectivity index (χ2v) is 3.30. The molecule has 2 aromatic rings. The first-order valence-corrected chi connectivity index (χ1v) is 4.46. The molecule has 0 spiro atoms. The van der Waals surface area contributed by atoms with Crippen molar-refractivity contribution in [1.82, 2.24) is 0 Å². The maximum absolute atomic E-state index is 11.7. The summed E-state index contributed by atoms with van der Waals surface area (Å²) in [7, 11) is 0. The van der Waals surface area contributed by atoms with Crippen LogP contribution in [-0.4, -0.2) is 6.21 Å². The molecule has 14 heavy (non-hydrogen) atoms. The Labute approximate surface area is 80.5 Å². The van der Waals surface area contributed by atoms with Crippen LogP contribution in [0, 0.1) is 0 Å². The van der Waals surface area contributed by atoms with E-state index < -0.39 is 0 Å². The van der Waals surface area contributed by atoms with Crippen LogP contribution in [0.1, 0.15) is 5.56 Å². The summed E-state index contributed by atoms with van der Waals surface area (Å²) < 4.78 is 0. The molecule has 0 fully saturated rings. The normalized spacial score (nSPS) is 12.3. The third kappa shape index (κ3) is 0.852. The Bertz CT molecular complexity index is 614. The van der Waals surface area contributed by atoms with E-state index in [2.05, 4.69) is 4.99 Å². The molecule has 0 aromatic heterocycles. The summed E-state index contributed by atoms with van der Waals surface area (Å²) in [6.45, 7) is 0. The highest BCUT2D eigenvalue weighted by Gasteiger charge is 2.09. The van der Waals surface area contributed by atoms with Gasteiger partial charge in [0.15, 0.2) is 5.43 Å². The monoisotopic (exact) mass is 181 g/mol. The molecule has 1 aliphatic rings. The lowest BCUT2D eigenvalue weighted by molar-refractivity contribution is 1.62. The highest BCUT2D eigenvalue weighted by atomic mass is 16.1. The predicted octanol–water partition coefficient (Wildman–Crippen LogP) is 2.26. The van der Waals surface area contributed by atoms with E-state index in [-0.39, 0.29) is 5.43 Å². The number of hydrogen-bond acceptors (Lipinski definition) is 2. The zero-order valence-electron chi connectivity index (χ0n) is 7.40. The van der Waals surface area contributed by atoms with E-state index in [0.29, 0.717) is 0 Å². The quantitative estimate of drug-likeness (QED) is 0.523.